The Balaban J connectivity index is 1.81. The van der Waals surface area contributed by atoms with Crippen molar-refractivity contribution in [2.75, 3.05) is 26.9 Å². The van der Waals surface area contributed by atoms with Crippen molar-refractivity contribution < 1.29 is 28.4 Å². The number of hydrogen-bond donors (Lipinski definition) is 0. The minimum absolute atomic E-state index is 0.307. The Morgan fingerprint density at radius 3 is 2.38 bits per heavy atom. The van der Waals surface area contributed by atoms with Gasteiger partial charge >= 0.3 is 0 Å². The summed E-state index contributed by atoms with van der Waals surface area (Å²) in [6, 6.07) is 9.80. The molecule has 0 aromatic heterocycles. The molecule has 0 saturated carbocycles. The van der Waals surface area contributed by atoms with Crippen LogP contribution < -0.4 is 0 Å². The molecule has 2 aliphatic heterocycles. The van der Waals surface area contributed by atoms with Crippen LogP contribution in [0, 0.1) is 0 Å². The lowest BCUT2D eigenvalue weighted by Gasteiger charge is -2.48. The van der Waals surface area contributed by atoms with E-state index < -0.39 is 18.7 Å². The fourth-order valence-electron chi connectivity index (χ4n) is 3.24. The average Bonchev–Trinajstić information content (AvgIpc) is 2.70. The van der Waals surface area contributed by atoms with E-state index >= 15 is 0 Å². The Hall–Kier alpha value is -1.54. The highest BCUT2D eigenvalue weighted by Crippen LogP contribution is 2.36. The quantitative estimate of drug-likeness (QED) is 0.663. The summed E-state index contributed by atoms with van der Waals surface area (Å²) in [5.41, 5.74) is 0.950. The maximum atomic E-state index is 6.22. The molecule has 0 N–H and O–H groups in total. The van der Waals surface area contributed by atoms with E-state index in [9.17, 15) is 0 Å². The van der Waals surface area contributed by atoms with Crippen LogP contribution in [0.2, 0.25) is 0 Å². The Kier molecular flexibility index (Phi) is 6.96. The van der Waals surface area contributed by atoms with Crippen LogP contribution >= 0.6 is 0 Å². The van der Waals surface area contributed by atoms with E-state index in [2.05, 4.69) is 13.2 Å². The van der Waals surface area contributed by atoms with E-state index in [-0.39, 0.29) is 18.3 Å². The van der Waals surface area contributed by atoms with E-state index in [0.717, 1.165) is 5.56 Å². The molecule has 2 fully saturated rings. The maximum Gasteiger partial charge on any atom is 0.186 e. The fraction of sp³-hybridized carbons (Fsp3) is 0.500. The van der Waals surface area contributed by atoms with Crippen molar-refractivity contribution >= 4 is 0 Å². The summed E-state index contributed by atoms with van der Waals surface area (Å²) < 4.78 is 35.5. The predicted molar refractivity (Wildman–Crippen MR) is 95.6 cm³/mol. The van der Waals surface area contributed by atoms with Gasteiger partial charge in [-0.3, -0.25) is 0 Å². The number of benzene rings is 1. The summed E-state index contributed by atoms with van der Waals surface area (Å²) in [5, 5.41) is 0. The standard InChI is InChI=1S/C20H26O6/c1-4-11-22-17-16-15(25-20(21-3)18(17)23-12-5-2)13-24-19(26-16)14-9-7-6-8-10-14/h4-10,15-20H,1-2,11-13H2,3H3/t15-,16-,17+,18+,19?,20+/m1/s1. The summed E-state index contributed by atoms with van der Waals surface area (Å²) in [6.45, 7) is 8.54. The van der Waals surface area contributed by atoms with E-state index in [4.69, 9.17) is 28.4 Å². The van der Waals surface area contributed by atoms with Crippen LogP contribution in [-0.4, -0.2) is 57.6 Å². The van der Waals surface area contributed by atoms with Gasteiger partial charge in [-0.05, 0) is 0 Å². The van der Waals surface area contributed by atoms with Crippen molar-refractivity contribution in [1.29, 1.82) is 0 Å². The van der Waals surface area contributed by atoms with Crippen molar-refractivity contribution in [2.24, 2.45) is 0 Å². The minimum Gasteiger partial charge on any atom is -0.368 e. The third kappa shape index (κ3) is 4.23. The van der Waals surface area contributed by atoms with Gasteiger partial charge in [-0.2, -0.15) is 0 Å². The van der Waals surface area contributed by atoms with Gasteiger partial charge in [0.1, 0.15) is 24.4 Å². The molecule has 0 spiro atoms. The second-order valence-electron chi connectivity index (χ2n) is 6.13. The molecule has 2 heterocycles. The number of fused-ring (bicyclic) bond motifs is 1. The summed E-state index contributed by atoms with van der Waals surface area (Å²) >= 11 is 0. The van der Waals surface area contributed by atoms with Gasteiger partial charge in [-0.25, -0.2) is 0 Å². The fourth-order valence-corrected chi connectivity index (χ4v) is 3.24. The number of ether oxygens (including phenoxy) is 6. The SMILES string of the molecule is C=CCO[C@@H]1[C@H](OCC=C)[C@@H](OC)O[C@@H]2COC(c3ccccc3)O[C@@H]12. The zero-order chi connectivity index (χ0) is 18.4. The van der Waals surface area contributed by atoms with Gasteiger partial charge in [0.15, 0.2) is 12.6 Å². The van der Waals surface area contributed by atoms with Crippen LogP contribution in [0.25, 0.3) is 0 Å². The van der Waals surface area contributed by atoms with Crippen molar-refractivity contribution in [1.82, 2.24) is 0 Å². The first-order chi connectivity index (χ1) is 12.8. The Morgan fingerprint density at radius 2 is 1.73 bits per heavy atom. The second kappa shape index (κ2) is 9.41. The third-order valence-corrected chi connectivity index (χ3v) is 4.40. The van der Waals surface area contributed by atoms with Crippen molar-refractivity contribution in [3.8, 4) is 0 Å². The topological polar surface area (TPSA) is 55.4 Å². The first-order valence-electron chi connectivity index (χ1n) is 8.73. The zero-order valence-electron chi connectivity index (χ0n) is 15.0. The number of methoxy groups -OCH3 is 1. The predicted octanol–water partition coefficient (Wildman–Crippen LogP) is 2.61. The van der Waals surface area contributed by atoms with Crippen molar-refractivity contribution in [2.45, 2.75) is 37.0 Å². The lowest BCUT2D eigenvalue weighted by Crippen LogP contribution is -2.63. The molecule has 0 bridgehead atoms. The van der Waals surface area contributed by atoms with E-state index in [0.29, 0.717) is 19.8 Å². The molecule has 3 rings (SSSR count). The highest BCUT2D eigenvalue weighted by atomic mass is 16.8. The largest absolute Gasteiger partial charge is 0.368 e. The first kappa shape index (κ1) is 19.2. The van der Waals surface area contributed by atoms with Crippen LogP contribution in [0.3, 0.4) is 0 Å². The van der Waals surface area contributed by atoms with E-state index in [1.165, 1.54) is 0 Å². The van der Waals surface area contributed by atoms with Crippen molar-refractivity contribution in [3.63, 3.8) is 0 Å². The minimum atomic E-state index is -0.577. The lowest BCUT2D eigenvalue weighted by molar-refractivity contribution is -0.365. The molecule has 2 saturated heterocycles. The summed E-state index contributed by atoms with van der Waals surface area (Å²) in [6.07, 6.45) is 0.835. The van der Waals surface area contributed by atoms with Gasteiger partial charge < -0.3 is 28.4 Å². The molecule has 1 aromatic carbocycles. The molecule has 1 unspecified atom stereocenters. The van der Waals surface area contributed by atoms with Gasteiger partial charge in [0, 0.05) is 12.7 Å². The maximum absolute atomic E-state index is 6.22. The molecule has 0 radical (unpaired) electrons. The normalized spacial score (nSPS) is 34.0. The summed E-state index contributed by atoms with van der Waals surface area (Å²) in [4.78, 5) is 0. The molecule has 6 atom stereocenters. The van der Waals surface area contributed by atoms with Crippen LogP contribution in [0.5, 0.6) is 0 Å². The smallest absolute Gasteiger partial charge is 0.186 e. The average molecular weight is 362 g/mol. The molecule has 142 valence electrons. The van der Waals surface area contributed by atoms with Crippen LogP contribution in [0.15, 0.2) is 55.6 Å². The molecule has 6 nitrogen and oxygen atoms in total. The van der Waals surface area contributed by atoms with Crippen LogP contribution in [0.1, 0.15) is 11.9 Å². The van der Waals surface area contributed by atoms with Gasteiger partial charge in [0.25, 0.3) is 0 Å². The highest BCUT2D eigenvalue weighted by molar-refractivity contribution is 5.16. The summed E-state index contributed by atoms with van der Waals surface area (Å²) in [7, 11) is 1.58. The summed E-state index contributed by atoms with van der Waals surface area (Å²) in [5.74, 6) is 0. The molecule has 2 aliphatic rings. The van der Waals surface area contributed by atoms with Gasteiger partial charge in [-0.1, -0.05) is 42.5 Å². The zero-order valence-corrected chi connectivity index (χ0v) is 15.0. The Bertz CT molecular complexity index is 577. The third-order valence-electron chi connectivity index (χ3n) is 4.40. The lowest BCUT2D eigenvalue weighted by atomic mass is 9.97. The number of rotatable bonds is 8. The molecule has 0 amide bonds. The van der Waals surface area contributed by atoms with Gasteiger partial charge in [0.2, 0.25) is 0 Å². The molecule has 26 heavy (non-hydrogen) atoms. The highest BCUT2D eigenvalue weighted by Gasteiger charge is 2.51. The molecular formula is C20H26O6. The monoisotopic (exact) mass is 362 g/mol. The van der Waals surface area contributed by atoms with Crippen LogP contribution in [-0.2, 0) is 28.4 Å². The number of hydrogen-bond acceptors (Lipinski definition) is 6. The van der Waals surface area contributed by atoms with Gasteiger partial charge in [-0.15, -0.1) is 13.2 Å². The van der Waals surface area contributed by atoms with Gasteiger partial charge in [0.05, 0.1) is 19.8 Å². The first-order valence-corrected chi connectivity index (χ1v) is 8.73. The molecule has 0 aliphatic carbocycles. The second-order valence-corrected chi connectivity index (χ2v) is 6.13. The van der Waals surface area contributed by atoms with E-state index in [1.54, 1.807) is 19.3 Å². The van der Waals surface area contributed by atoms with E-state index in [1.807, 2.05) is 30.3 Å². The van der Waals surface area contributed by atoms with Crippen molar-refractivity contribution in [3.05, 3.63) is 61.2 Å². The molecule has 1 aromatic rings. The van der Waals surface area contributed by atoms with Crippen LogP contribution in [0.4, 0.5) is 0 Å². The molecular weight excluding hydrogens is 336 g/mol. The Labute approximate surface area is 154 Å². The molecule has 6 heteroatoms. The Morgan fingerprint density at radius 1 is 1.04 bits per heavy atom.